The van der Waals surface area contributed by atoms with E-state index in [2.05, 4.69) is 10.1 Å². The molecular formula is C20H13Cl2F3N4O3S. The van der Waals surface area contributed by atoms with Crippen molar-refractivity contribution in [3.8, 4) is 16.9 Å². The van der Waals surface area contributed by atoms with Gasteiger partial charge in [-0.25, -0.2) is 22.6 Å². The van der Waals surface area contributed by atoms with Gasteiger partial charge in [0.2, 0.25) is 0 Å². The number of halogens is 5. The maximum absolute atomic E-state index is 13.1. The molecule has 0 radical (unpaired) electrons. The second-order valence-electron chi connectivity index (χ2n) is 6.95. The van der Waals surface area contributed by atoms with Crippen molar-refractivity contribution in [2.75, 3.05) is 5.75 Å². The van der Waals surface area contributed by atoms with Crippen LogP contribution in [0.25, 0.3) is 22.6 Å². The van der Waals surface area contributed by atoms with E-state index in [0.29, 0.717) is 36.5 Å². The number of hydrogen-bond acceptors (Lipinski definition) is 5. The number of fused-ring (bicyclic) bond motifs is 1. The summed E-state index contributed by atoms with van der Waals surface area (Å²) in [6.45, 7) is 1.41. The highest BCUT2D eigenvalue weighted by Gasteiger charge is 2.31. The van der Waals surface area contributed by atoms with Crippen LogP contribution in [-0.2, 0) is 16.0 Å². The number of nitrogens with zero attached hydrogens (tertiary/aromatic N) is 4. The zero-order valence-electron chi connectivity index (χ0n) is 16.6. The van der Waals surface area contributed by atoms with E-state index in [1.54, 1.807) is 12.1 Å². The molecule has 13 heteroatoms. The van der Waals surface area contributed by atoms with Gasteiger partial charge in [-0.1, -0.05) is 30.1 Å². The Bertz CT molecular complexity index is 1540. The van der Waals surface area contributed by atoms with Crippen LogP contribution in [0.1, 0.15) is 12.5 Å². The van der Waals surface area contributed by atoms with Crippen LogP contribution in [0, 0.1) is 0 Å². The molecule has 7 nitrogen and oxygen atoms in total. The predicted molar refractivity (Wildman–Crippen MR) is 117 cm³/mol. The second-order valence-corrected chi connectivity index (χ2v) is 10.1. The van der Waals surface area contributed by atoms with Crippen molar-refractivity contribution in [1.82, 2.24) is 19.2 Å². The minimum Gasteiger partial charge on any atom is -0.249 e. The van der Waals surface area contributed by atoms with E-state index in [-0.39, 0.29) is 22.1 Å². The molecule has 0 aliphatic heterocycles. The van der Waals surface area contributed by atoms with Crippen LogP contribution >= 0.6 is 23.2 Å². The number of rotatable bonds is 4. The Morgan fingerprint density at radius 3 is 2.30 bits per heavy atom. The summed E-state index contributed by atoms with van der Waals surface area (Å²) in [5.74, 6) is -0.655. The Balaban J connectivity index is 1.97. The lowest BCUT2D eigenvalue weighted by molar-refractivity contribution is -0.137. The van der Waals surface area contributed by atoms with E-state index in [9.17, 15) is 26.4 Å². The molecule has 3 heterocycles. The van der Waals surface area contributed by atoms with Crippen molar-refractivity contribution in [3.63, 3.8) is 0 Å². The fourth-order valence-corrected chi connectivity index (χ4v) is 4.70. The normalized spacial score (nSPS) is 12.4. The van der Waals surface area contributed by atoms with Gasteiger partial charge in [-0.3, -0.25) is 0 Å². The highest BCUT2D eigenvalue weighted by atomic mass is 35.5. The highest BCUT2D eigenvalue weighted by Crippen LogP contribution is 2.31. The van der Waals surface area contributed by atoms with E-state index < -0.39 is 27.3 Å². The molecule has 1 aromatic carbocycles. The predicted octanol–water partition coefficient (Wildman–Crippen LogP) is 4.67. The molecule has 0 saturated carbocycles. The van der Waals surface area contributed by atoms with Crippen LogP contribution < -0.4 is 5.69 Å². The molecule has 0 fully saturated rings. The van der Waals surface area contributed by atoms with E-state index in [4.69, 9.17) is 23.2 Å². The maximum Gasteiger partial charge on any atom is 0.417 e. The van der Waals surface area contributed by atoms with Gasteiger partial charge in [0.25, 0.3) is 0 Å². The van der Waals surface area contributed by atoms with Crippen LogP contribution in [0.4, 0.5) is 13.2 Å². The molecule has 4 aromatic rings. The lowest BCUT2D eigenvalue weighted by Crippen LogP contribution is -2.23. The monoisotopic (exact) mass is 516 g/mol. The lowest BCUT2D eigenvalue weighted by Gasteiger charge is -2.11. The highest BCUT2D eigenvalue weighted by molar-refractivity contribution is 7.91. The number of sulfone groups is 1. The zero-order chi connectivity index (χ0) is 24.1. The third-order valence-corrected chi connectivity index (χ3v) is 6.96. The SMILES string of the molecule is CCS(=O)(=O)c1cc(-c2cc(Cl)cc(Cl)c2)cnc1-n1nc2ccc(C(F)(F)F)cn2c1=O. The van der Waals surface area contributed by atoms with Gasteiger partial charge < -0.3 is 0 Å². The van der Waals surface area contributed by atoms with Gasteiger partial charge in [-0.05, 0) is 42.0 Å². The molecule has 3 aromatic heterocycles. The smallest absolute Gasteiger partial charge is 0.249 e. The van der Waals surface area contributed by atoms with Crippen molar-refractivity contribution in [1.29, 1.82) is 0 Å². The van der Waals surface area contributed by atoms with Gasteiger partial charge in [0.05, 0.1) is 11.3 Å². The first-order chi connectivity index (χ1) is 15.4. The van der Waals surface area contributed by atoms with Crippen LogP contribution in [-0.4, -0.2) is 33.3 Å². The minimum absolute atomic E-state index is 0.111. The molecule has 0 aliphatic carbocycles. The summed E-state index contributed by atoms with van der Waals surface area (Å²) in [7, 11) is -3.93. The molecule has 0 atom stereocenters. The Morgan fingerprint density at radius 1 is 1.03 bits per heavy atom. The molecule has 0 amide bonds. The number of pyridine rings is 2. The Hall–Kier alpha value is -2.89. The second kappa shape index (κ2) is 8.15. The molecule has 172 valence electrons. The van der Waals surface area contributed by atoms with E-state index >= 15 is 0 Å². The van der Waals surface area contributed by atoms with Crippen molar-refractivity contribution in [2.45, 2.75) is 18.0 Å². The molecule has 0 saturated heterocycles. The maximum atomic E-state index is 13.1. The fraction of sp³-hybridized carbons (Fsp3) is 0.150. The largest absolute Gasteiger partial charge is 0.417 e. The van der Waals surface area contributed by atoms with E-state index in [1.807, 2.05) is 0 Å². The first-order valence-electron chi connectivity index (χ1n) is 9.29. The van der Waals surface area contributed by atoms with Crippen molar-refractivity contribution in [3.05, 3.63) is 74.9 Å². The number of hydrogen-bond donors (Lipinski definition) is 0. The minimum atomic E-state index is -4.68. The quantitative estimate of drug-likeness (QED) is 0.393. The van der Waals surface area contributed by atoms with Gasteiger partial charge in [-0.15, -0.1) is 5.10 Å². The van der Waals surface area contributed by atoms with E-state index in [0.717, 1.165) is 12.1 Å². The average Bonchev–Trinajstić information content (AvgIpc) is 3.08. The summed E-state index contributed by atoms with van der Waals surface area (Å²) < 4.78 is 66.2. The number of alkyl halides is 3. The zero-order valence-corrected chi connectivity index (χ0v) is 19.0. The molecule has 33 heavy (non-hydrogen) atoms. The Morgan fingerprint density at radius 2 is 1.70 bits per heavy atom. The average molecular weight is 517 g/mol. The Labute approximate surface area is 194 Å². The molecule has 0 unspecified atom stereocenters. The molecule has 4 rings (SSSR count). The summed E-state index contributed by atoms with van der Waals surface area (Å²) in [6, 6.07) is 7.70. The molecule has 0 N–H and O–H groups in total. The van der Waals surface area contributed by atoms with Crippen LogP contribution in [0.3, 0.4) is 0 Å². The van der Waals surface area contributed by atoms with Crippen LogP contribution in [0.2, 0.25) is 10.0 Å². The fourth-order valence-electron chi connectivity index (χ4n) is 3.14. The van der Waals surface area contributed by atoms with Gasteiger partial charge in [0.15, 0.2) is 21.3 Å². The third-order valence-electron chi connectivity index (χ3n) is 4.79. The van der Waals surface area contributed by atoms with Gasteiger partial charge in [0.1, 0.15) is 4.90 Å². The van der Waals surface area contributed by atoms with Gasteiger partial charge >= 0.3 is 11.9 Å². The van der Waals surface area contributed by atoms with Crippen molar-refractivity contribution < 1.29 is 21.6 Å². The molecule has 0 aliphatic rings. The molecule has 0 bridgehead atoms. The van der Waals surface area contributed by atoms with Crippen LogP contribution in [0.15, 0.2) is 58.5 Å². The summed E-state index contributed by atoms with van der Waals surface area (Å²) >= 11 is 12.1. The Kier molecular flexibility index (Phi) is 5.75. The third kappa shape index (κ3) is 4.35. The summed E-state index contributed by atoms with van der Waals surface area (Å²) in [5, 5.41) is 4.61. The summed E-state index contributed by atoms with van der Waals surface area (Å²) in [6.07, 6.45) is -2.79. The molecule has 0 spiro atoms. The van der Waals surface area contributed by atoms with Gasteiger partial charge in [-0.2, -0.15) is 17.9 Å². The lowest BCUT2D eigenvalue weighted by atomic mass is 10.1. The van der Waals surface area contributed by atoms with Gasteiger partial charge in [0, 0.05) is 28.0 Å². The van der Waals surface area contributed by atoms with E-state index in [1.165, 1.54) is 25.3 Å². The van der Waals surface area contributed by atoms with Crippen LogP contribution in [0.5, 0.6) is 0 Å². The summed E-state index contributed by atoms with van der Waals surface area (Å²) in [5.41, 5.74) is -1.34. The number of aromatic nitrogens is 4. The molecular weight excluding hydrogens is 504 g/mol. The first kappa shape index (κ1) is 23.3. The standard InChI is InChI=1S/C20H13Cl2F3N4O3S/c1-2-33(31,32)16-7-12(11-5-14(21)8-15(22)6-11)9-26-18(16)29-19(30)28-10-13(20(23,24)25)3-4-17(28)27-29/h3-10H,2H2,1H3. The summed E-state index contributed by atoms with van der Waals surface area (Å²) in [4.78, 5) is 16.7. The number of benzene rings is 1. The van der Waals surface area contributed by atoms with Crippen molar-refractivity contribution in [2.24, 2.45) is 0 Å². The first-order valence-corrected chi connectivity index (χ1v) is 11.7. The van der Waals surface area contributed by atoms with Crippen molar-refractivity contribution >= 4 is 38.7 Å². The topological polar surface area (TPSA) is 86.3 Å².